The zero-order valence-corrected chi connectivity index (χ0v) is 11.4. The van der Waals surface area contributed by atoms with Gasteiger partial charge in [0.2, 0.25) is 15.3 Å². The quantitative estimate of drug-likeness (QED) is 0.769. The zero-order valence-electron chi connectivity index (χ0n) is 9.07. The lowest BCUT2D eigenvalue weighted by Crippen LogP contribution is -2.29. The monoisotopic (exact) mass is 298 g/mol. The highest BCUT2D eigenvalue weighted by Gasteiger charge is 2.09. The van der Waals surface area contributed by atoms with Crippen LogP contribution in [0.15, 0.2) is 6.20 Å². The van der Waals surface area contributed by atoms with Crippen LogP contribution in [0.3, 0.4) is 0 Å². The summed E-state index contributed by atoms with van der Waals surface area (Å²) in [7, 11) is -3.26. The van der Waals surface area contributed by atoms with E-state index in [4.69, 9.17) is 23.2 Å². The molecule has 0 aliphatic heterocycles. The van der Waals surface area contributed by atoms with Crippen molar-refractivity contribution in [3.63, 3.8) is 0 Å². The molecule has 0 spiro atoms. The molecule has 17 heavy (non-hydrogen) atoms. The molecule has 0 aromatic carbocycles. The Morgan fingerprint density at radius 3 is 2.76 bits per heavy atom. The lowest BCUT2D eigenvalue weighted by molar-refractivity contribution is 0.584. The van der Waals surface area contributed by atoms with E-state index < -0.39 is 10.0 Å². The maximum absolute atomic E-state index is 11.3. The minimum Gasteiger partial charge on any atom is -0.368 e. The van der Waals surface area contributed by atoms with Crippen molar-refractivity contribution in [2.45, 2.75) is 6.92 Å². The lowest BCUT2D eigenvalue weighted by Gasteiger charge is -2.08. The van der Waals surface area contributed by atoms with E-state index in [1.54, 1.807) is 6.92 Å². The maximum atomic E-state index is 11.3. The third kappa shape index (κ3) is 5.03. The van der Waals surface area contributed by atoms with Gasteiger partial charge in [-0.25, -0.2) is 18.1 Å². The van der Waals surface area contributed by atoms with E-state index in [0.717, 1.165) is 0 Å². The molecule has 1 rings (SSSR count). The minimum absolute atomic E-state index is 0.0476. The molecule has 0 aliphatic rings. The Hall–Kier alpha value is -0.630. The van der Waals surface area contributed by atoms with Gasteiger partial charge in [0.15, 0.2) is 0 Å². The lowest BCUT2D eigenvalue weighted by atomic mass is 10.5. The highest BCUT2D eigenvalue weighted by Crippen LogP contribution is 2.18. The van der Waals surface area contributed by atoms with E-state index in [0.29, 0.717) is 12.4 Å². The topological polar surface area (TPSA) is 84.0 Å². The van der Waals surface area contributed by atoms with Gasteiger partial charge >= 0.3 is 0 Å². The van der Waals surface area contributed by atoms with Crippen molar-refractivity contribution >= 4 is 39.0 Å². The van der Waals surface area contributed by atoms with Crippen LogP contribution in [0.5, 0.6) is 0 Å². The number of rotatable bonds is 6. The van der Waals surface area contributed by atoms with E-state index in [2.05, 4.69) is 20.0 Å². The van der Waals surface area contributed by atoms with E-state index in [1.807, 2.05) is 0 Å². The molecule has 0 atom stereocenters. The highest BCUT2D eigenvalue weighted by atomic mass is 35.5. The van der Waals surface area contributed by atoms with Crippen LogP contribution in [0, 0.1) is 0 Å². The first-order valence-electron chi connectivity index (χ1n) is 4.84. The SMILES string of the molecule is CCNS(=O)(=O)CCNc1nc(Cl)ncc1Cl. The molecule has 1 aromatic rings. The predicted octanol–water partition coefficient (Wildman–Crippen LogP) is 1.13. The second kappa shape index (κ2) is 6.34. The van der Waals surface area contributed by atoms with Crippen molar-refractivity contribution in [3.05, 3.63) is 16.5 Å². The molecule has 9 heteroatoms. The van der Waals surface area contributed by atoms with E-state index in [1.165, 1.54) is 6.20 Å². The van der Waals surface area contributed by atoms with Crippen molar-refractivity contribution in [2.75, 3.05) is 24.2 Å². The molecule has 0 bridgehead atoms. The van der Waals surface area contributed by atoms with Crippen LogP contribution in [0.4, 0.5) is 5.82 Å². The average Bonchev–Trinajstić information content (AvgIpc) is 2.23. The van der Waals surface area contributed by atoms with Crippen LogP contribution in [0.1, 0.15) is 6.92 Å². The Labute approximate surface area is 110 Å². The van der Waals surface area contributed by atoms with Crippen molar-refractivity contribution in [2.24, 2.45) is 0 Å². The van der Waals surface area contributed by atoms with E-state index in [-0.39, 0.29) is 22.6 Å². The number of hydrogen-bond acceptors (Lipinski definition) is 5. The smallest absolute Gasteiger partial charge is 0.224 e. The van der Waals surface area contributed by atoms with Crippen LogP contribution >= 0.6 is 23.2 Å². The van der Waals surface area contributed by atoms with Crippen LogP contribution in [0.25, 0.3) is 0 Å². The summed E-state index contributed by atoms with van der Waals surface area (Å²) in [5.41, 5.74) is 0. The highest BCUT2D eigenvalue weighted by molar-refractivity contribution is 7.89. The largest absolute Gasteiger partial charge is 0.368 e. The van der Waals surface area contributed by atoms with Crippen LogP contribution in [-0.2, 0) is 10.0 Å². The van der Waals surface area contributed by atoms with Gasteiger partial charge in [0.05, 0.1) is 11.9 Å². The molecular weight excluding hydrogens is 287 g/mol. The Kier molecular flexibility index (Phi) is 5.38. The fourth-order valence-electron chi connectivity index (χ4n) is 1.07. The number of sulfonamides is 1. The van der Waals surface area contributed by atoms with Crippen molar-refractivity contribution in [3.8, 4) is 0 Å². The van der Waals surface area contributed by atoms with Gasteiger partial charge in [-0.3, -0.25) is 0 Å². The third-order valence-corrected chi connectivity index (χ3v) is 3.67. The Balaban J connectivity index is 2.54. The predicted molar refractivity (Wildman–Crippen MR) is 68.0 cm³/mol. The summed E-state index contributed by atoms with van der Waals surface area (Å²) >= 11 is 11.4. The van der Waals surface area contributed by atoms with Crippen LogP contribution in [0.2, 0.25) is 10.3 Å². The third-order valence-electron chi connectivity index (χ3n) is 1.74. The Morgan fingerprint density at radius 2 is 2.12 bits per heavy atom. The molecule has 0 fully saturated rings. The van der Waals surface area contributed by atoms with Gasteiger partial charge in [-0.05, 0) is 11.6 Å². The first-order valence-corrected chi connectivity index (χ1v) is 7.24. The van der Waals surface area contributed by atoms with Gasteiger partial charge in [-0.15, -0.1) is 0 Å². The van der Waals surface area contributed by atoms with Gasteiger partial charge in [0, 0.05) is 13.1 Å². The summed E-state index contributed by atoms with van der Waals surface area (Å²) in [6, 6.07) is 0. The van der Waals surface area contributed by atoms with Gasteiger partial charge in [-0.2, -0.15) is 4.98 Å². The van der Waals surface area contributed by atoms with Crippen molar-refractivity contribution in [1.82, 2.24) is 14.7 Å². The molecule has 0 aliphatic carbocycles. The molecule has 0 radical (unpaired) electrons. The molecule has 0 amide bonds. The van der Waals surface area contributed by atoms with Gasteiger partial charge in [0.25, 0.3) is 0 Å². The summed E-state index contributed by atoms with van der Waals surface area (Å²) in [4.78, 5) is 7.51. The normalized spacial score (nSPS) is 11.5. The zero-order chi connectivity index (χ0) is 12.9. The summed E-state index contributed by atoms with van der Waals surface area (Å²) in [6.07, 6.45) is 1.35. The maximum Gasteiger partial charge on any atom is 0.224 e. The molecule has 96 valence electrons. The number of halogens is 2. The summed E-state index contributed by atoms with van der Waals surface area (Å²) in [5, 5.41) is 3.12. The first-order chi connectivity index (χ1) is 7.94. The minimum atomic E-state index is -3.26. The fourth-order valence-corrected chi connectivity index (χ4v) is 2.31. The number of nitrogens with zero attached hydrogens (tertiary/aromatic N) is 2. The molecular formula is C8H12Cl2N4O2S. The Morgan fingerprint density at radius 1 is 1.41 bits per heavy atom. The second-order valence-corrected chi connectivity index (χ2v) is 5.75. The Bertz CT molecular complexity index is 480. The molecule has 1 aromatic heterocycles. The van der Waals surface area contributed by atoms with Gasteiger partial charge in [-0.1, -0.05) is 18.5 Å². The average molecular weight is 299 g/mol. The molecule has 6 nitrogen and oxygen atoms in total. The number of anilines is 1. The number of aromatic nitrogens is 2. The number of nitrogens with one attached hydrogen (secondary N) is 2. The molecule has 0 unspecified atom stereocenters. The van der Waals surface area contributed by atoms with Gasteiger partial charge in [0.1, 0.15) is 10.8 Å². The van der Waals surface area contributed by atoms with Crippen LogP contribution < -0.4 is 10.0 Å². The van der Waals surface area contributed by atoms with Gasteiger partial charge < -0.3 is 5.32 Å². The van der Waals surface area contributed by atoms with E-state index in [9.17, 15) is 8.42 Å². The van der Waals surface area contributed by atoms with Crippen LogP contribution in [-0.4, -0.2) is 37.2 Å². The van der Waals surface area contributed by atoms with E-state index >= 15 is 0 Å². The second-order valence-electron chi connectivity index (χ2n) is 3.08. The summed E-state index contributed by atoms with van der Waals surface area (Å²) in [6.45, 7) is 2.26. The van der Waals surface area contributed by atoms with Crippen molar-refractivity contribution in [1.29, 1.82) is 0 Å². The molecule has 0 saturated heterocycles. The fraction of sp³-hybridized carbons (Fsp3) is 0.500. The number of hydrogen-bond donors (Lipinski definition) is 2. The molecule has 1 heterocycles. The molecule has 0 saturated carbocycles. The van der Waals surface area contributed by atoms with Crippen molar-refractivity contribution < 1.29 is 8.42 Å². The first kappa shape index (κ1) is 14.4. The summed E-state index contributed by atoms with van der Waals surface area (Å²) in [5.74, 6) is 0.247. The molecule has 2 N–H and O–H groups in total. The summed E-state index contributed by atoms with van der Waals surface area (Å²) < 4.78 is 25.0. The standard InChI is InChI=1S/C8H12Cl2N4O2S/c1-2-13-17(15,16)4-3-11-7-6(9)5-12-8(10)14-7/h5,13H,2-4H2,1H3,(H,11,12,14).